The molecule has 1 aromatic rings. The Morgan fingerprint density at radius 3 is 3.00 bits per heavy atom. The van der Waals surface area contributed by atoms with Gasteiger partial charge in [-0.3, -0.25) is 4.84 Å². The minimum atomic E-state index is -0.450. The van der Waals surface area contributed by atoms with Crippen LogP contribution in [0, 0.1) is 0 Å². The fraction of sp³-hybridized carbons (Fsp3) is 0.500. The molecule has 0 aliphatic rings. The molecule has 88 valence electrons. The van der Waals surface area contributed by atoms with E-state index < -0.39 is 5.97 Å². The summed E-state index contributed by atoms with van der Waals surface area (Å²) in [6.45, 7) is 6.49. The minimum absolute atomic E-state index is 0.450. The lowest BCUT2D eigenvalue weighted by Crippen LogP contribution is -2.31. The summed E-state index contributed by atoms with van der Waals surface area (Å²) in [6, 6.07) is 0. The zero-order valence-corrected chi connectivity index (χ0v) is 9.76. The van der Waals surface area contributed by atoms with Crippen molar-refractivity contribution in [2.45, 2.75) is 39.2 Å². The van der Waals surface area contributed by atoms with Gasteiger partial charge in [0.1, 0.15) is 6.20 Å². The maximum absolute atomic E-state index is 10.9. The topological polar surface area (TPSA) is 35.1 Å². The lowest BCUT2D eigenvalue weighted by Gasteiger charge is -1.96. The number of hydrogen-bond donors (Lipinski definition) is 0. The highest BCUT2D eigenvalue weighted by atomic mass is 16.7. The zero-order valence-electron chi connectivity index (χ0n) is 9.76. The number of aryl methyl sites for hydroxylation is 1. The number of unbranched alkanes of at least 4 members (excludes halogenated alkanes) is 3. The Balaban J connectivity index is 2.33. The molecule has 0 spiro atoms. The summed E-state index contributed by atoms with van der Waals surface area (Å²) in [4.78, 5) is 15.8. The van der Waals surface area contributed by atoms with E-state index in [2.05, 4.69) is 13.5 Å². The first kappa shape index (κ1) is 12.5. The smallest absolute Gasteiger partial charge is 0.253 e. The fourth-order valence-electron chi connectivity index (χ4n) is 1.42. The summed E-state index contributed by atoms with van der Waals surface area (Å²) in [6.07, 6.45) is 11.4. The largest absolute Gasteiger partial charge is 0.380 e. The van der Waals surface area contributed by atoms with E-state index in [1.807, 2.05) is 10.8 Å². The van der Waals surface area contributed by atoms with Crippen LogP contribution in [0.4, 0.5) is 0 Å². The predicted octanol–water partition coefficient (Wildman–Crippen LogP) is 1.50. The van der Waals surface area contributed by atoms with E-state index in [-0.39, 0.29) is 0 Å². The Bertz CT molecular complexity index is 345. The highest BCUT2D eigenvalue weighted by Crippen LogP contribution is 1.98. The van der Waals surface area contributed by atoms with E-state index in [1.165, 1.54) is 24.0 Å². The third-order valence-electron chi connectivity index (χ3n) is 2.30. The van der Waals surface area contributed by atoms with Gasteiger partial charge in [0.25, 0.3) is 6.33 Å². The van der Waals surface area contributed by atoms with E-state index >= 15 is 0 Å². The van der Waals surface area contributed by atoms with Gasteiger partial charge in [0.15, 0.2) is 6.20 Å². The first-order valence-electron chi connectivity index (χ1n) is 5.68. The quantitative estimate of drug-likeness (QED) is 0.399. The van der Waals surface area contributed by atoms with Crippen LogP contribution in [0.2, 0.25) is 0 Å². The number of nitrogens with zero attached hydrogens (tertiary/aromatic N) is 2. The Morgan fingerprint density at radius 1 is 1.50 bits per heavy atom. The molecule has 1 rings (SSSR count). The molecule has 0 aliphatic heterocycles. The van der Waals surface area contributed by atoms with Crippen LogP contribution in [0.1, 0.15) is 32.6 Å². The maximum atomic E-state index is 10.9. The van der Waals surface area contributed by atoms with Crippen molar-refractivity contribution in [3.8, 4) is 0 Å². The van der Waals surface area contributed by atoms with Gasteiger partial charge in [-0.2, -0.15) is 0 Å². The molecule has 0 radical (unpaired) electrons. The first-order chi connectivity index (χ1) is 7.76. The molecule has 0 N–H and O–H groups in total. The molecule has 0 saturated heterocycles. The van der Waals surface area contributed by atoms with Crippen LogP contribution >= 0.6 is 0 Å². The van der Waals surface area contributed by atoms with Crippen LogP contribution in [0.5, 0.6) is 0 Å². The summed E-state index contributed by atoms with van der Waals surface area (Å²) >= 11 is 0. The van der Waals surface area contributed by atoms with Gasteiger partial charge in [-0.1, -0.05) is 26.3 Å². The molecule has 0 saturated carbocycles. The van der Waals surface area contributed by atoms with Gasteiger partial charge in [-0.15, -0.1) is 0 Å². The predicted molar refractivity (Wildman–Crippen MR) is 60.6 cm³/mol. The number of rotatable bonds is 7. The summed E-state index contributed by atoms with van der Waals surface area (Å²) in [7, 11) is 0. The van der Waals surface area contributed by atoms with Crippen LogP contribution < -0.4 is 9.40 Å². The normalized spacial score (nSPS) is 10.1. The van der Waals surface area contributed by atoms with Gasteiger partial charge in [0, 0.05) is 6.08 Å². The molecular weight excluding hydrogens is 204 g/mol. The van der Waals surface area contributed by atoms with E-state index in [9.17, 15) is 4.79 Å². The van der Waals surface area contributed by atoms with E-state index in [4.69, 9.17) is 4.84 Å². The first-order valence-corrected chi connectivity index (χ1v) is 5.68. The molecule has 0 fully saturated rings. The summed E-state index contributed by atoms with van der Waals surface area (Å²) in [5.41, 5.74) is 0. The van der Waals surface area contributed by atoms with Crippen LogP contribution in [0.3, 0.4) is 0 Å². The number of carbonyl (C=O) groups excluding carboxylic acids is 1. The third-order valence-corrected chi connectivity index (χ3v) is 2.30. The van der Waals surface area contributed by atoms with Crippen LogP contribution in [-0.2, 0) is 11.3 Å². The minimum Gasteiger partial charge on any atom is -0.253 e. The molecular formula is C12H19N2O2+. The highest BCUT2D eigenvalue weighted by Gasteiger charge is 2.07. The van der Waals surface area contributed by atoms with Gasteiger partial charge in [-0.05, 0) is 17.6 Å². The van der Waals surface area contributed by atoms with Gasteiger partial charge >= 0.3 is 5.97 Å². The average Bonchev–Trinajstić information content (AvgIpc) is 2.72. The van der Waals surface area contributed by atoms with Crippen molar-refractivity contribution in [2.24, 2.45) is 0 Å². The lowest BCUT2D eigenvalue weighted by atomic mass is 10.2. The van der Waals surface area contributed by atoms with Crippen molar-refractivity contribution in [1.82, 2.24) is 4.73 Å². The molecule has 0 atom stereocenters. The molecule has 0 bridgehead atoms. The summed E-state index contributed by atoms with van der Waals surface area (Å²) in [5, 5.41) is 0. The molecule has 16 heavy (non-hydrogen) atoms. The second-order valence-corrected chi connectivity index (χ2v) is 3.69. The molecule has 1 heterocycles. The Morgan fingerprint density at radius 2 is 2.31 bits per heavy atom. The Hall–Kier alpha value is -1.58. The van der Waals surface area contributed by atoms with Crippen molar-refractivity contribution in [3.63, 3.8) is 0 Å². The molecule has 4 nitrogen and oxygen atoms in total. The number of hydrogen-bond acceptors (Lipinski definition) is 2. The molecule has 0 unspecified atom stereocenters. The molecule has 1 aromatic heterocycles. The van der Waals surface area contributed by atoms with Crippen molar-refractivity contribution < 1.29 is 14.2 Å². The summed E-state index contributed by atoms with van der Waals surface area (Å²) < 4.78 is 3.40. The van der Waals surface area contributed by atoms with Gasteiger partial charge in [-0.25, -0.2) is 9.36 Å². The lowest BCUT2D eigenvalue weighted by molar-refractivity contribution is -0.697. The Kier molecular flexibility index (Phi) is 5.32. The highest BCUT2D eigenvalue weighted by molar-refractivity contribution is 5.81. The molecule has 0 aliphatic carbocycles. The second-order valence-electron chi connectivity index (χ2n) is 3.69. The van der Waals surface area contributed by atoms with Crippen LogP contribution in [0.15, 0.2) is 31.4 Å². The molecule has 0 aromatic carbocycles. The zero-order chi connectivity index (χ0) is 11.8. The third kappa shape index (κ3) is 4.29. The van der Waals surface area contributed by atoms with Crippen molar-refractivity contribution in [1.29, 1.82) is 0 Å². The van der Waals surface area contributed by atoms with Crippen LogP contribution in [-0.4, -0.2) is 10.7 Å². The van der Waals surface area contributed by atoms with Gasteiger partial charge < -0.3 is 0 Å². The maximum Gasteiger partial charge on any atom is 0.380 e. The number of carbonyl (C=O) groups is 1. The Labute approximate surface area is 96.1 Å². The SMILES string of the molecule is C=CC(=O)On1cc[n+](CCCCCC)c1. The van der Waals surface area contributed by atoms with Gasteiger partial charge in [0.05, 0.1) is 6.54 Å². The molecule has 4 heteroatoms. The van der Waals surface area contributed by atoms with Crippen molar-refractivity contribution in [3.05, 3.63) is 31.4 Å². The van der Waals surface area contributed by atoms with Crippen molar-refractivity contribution >= 4 is 5.97 Å². The standard InChI is InChI=1S/C12H19N2O2/c1-3-5-6-7-8-13-9-10-14(11-13)16-12(15)4-2/h4,9-11H,2-3,5-8H2,1H3/q+1. The monoisotopic (exact) mass is 223 g/mol. The molecule has 0 amide bonds. The van der Waals surface area contributed by atoms with E-state index in [1.54, 1.807) is 12.5 Å². The summed E-state index contributed by atoms with van der Waals surface area (Å²) in [5.74, 6) is -0.450. The van der Waals surface area contributed by atoms with Crippen LogP contribution in [0.25, 0.3) is 0 Å². The second kappa shape index (κ2) is 6.82. The van der Waals surface area contributed by atoms with E-state index in [0.717, 1.165) is 19.0 Å². The number of imidazole rings is 1. The average molecular weight is 223 g/mol. The van der Waals surface area contributed by atoms with Gasteiger partial charge in [0.2, 0.25) is 0 Å². The van der Waals surface area contributed by atoms with E-state index in [0.29, 0.717) is 0 Å². The fourth-order valence-corrected chi connectivity index (χ4v) is 1.42. The number of aromatic nitrogens is 2. The van der Waals surface area contributed by atoms with Crippen molar-refractivity contribution in [2.75, 3.05) is 0 Å².